The highest BCUT2D eigenvalue weighted by molar-refractivity contribution is 7.89. The summed E-state index contributed by atoms with van der Waals surface area (Å²) >= 11 is 39.7. The zero-order valence-electron chi connectivity index (χ0n) is 71.2. The highest BCUT2D eigenvalue weighted by Crippen LogP contribution is 2.52. The smallest absolute Gasteiger partial charge is 0.330 e. The number of hydrogen-bond donors (Lipinski definition) is 7. The van der Waals surface area contributed by atoms with Gasteiger partial charge in [0.15, 0.2) is 0 Å². The lowest BCUT2D eigenvalue weighted by Gasteiger charge is -2.44. The molecular weight excluding hydrogens is 1790 g/mol. The molecule has 3 aliphatic carbocycles. The summed E-state index contributed by atoms with van der Waals surface area (Å²) in [6, 6.07) is 8.39. The number of ether oxygens (including phenoxy) is 6. The van der Waals surface area contributed by atoms with Gasteiger partial charge in [0.2, 0.25) is 45.6 Å². The SMILES string of the molecule is C=CC(=O)NC1CC(=O)CCC1Nc1ncc2c(n1)N(C)C(=O)N(c1c(Cl)c(OC)cc(OC)c1Cl)C2.C=CC(=O)NC1CC(N2CCN(CC)CC2)CCC1Nc1ncc2c(n1)N(C)C(=O)N(c1c(Cl)c(OC)cc(OC)c1Cl)C2.C=CC(=O)N[C@H]1CCCC[C@H]1Nc1ncc2c(n1)N(Cc1cccc(S(N)(=O)=O)c1)C(=O)N(c1c(Cl)c(OC)cc(OC)c1Cl)C2. The largest absolute Gasteiger partial charge is 0.495 e. The third kappa shape index (κ3) is 21.2. The molecule has 14 rings (SSSR count). The molecule has 7 aliphatic rings. The molecule has 8 N–H and O–H groups in total. The number of benzene rings is 4. The number of nitrogens with zero attached hydrogens (tertiary/aromatic N) is 14. The van der Waals surface area contributed by atoms with E-state index in [-0.39, 0.29) is 168 Å². The number of hydrogen-bond acceptors (Lipinski definition) is 26. The number of fused-ring (bicyclic) bond motifs is 3. The van der Waals surface area contributed by atoms with E-state index in [9.17, 15) is 42.0 Å². The minimum absolute atomic E-state index is 0.000622. The van der Waals surface area contributed by atoms with Crippen LogP contribution in [0.4, 0.5) is 66.7 Å². The van der Waals surface area contributed by atoms with Crippen molar-refractivity contribution in [1.29, 1.82) is 0 Å². The van der Waals surface area contributed by atoms with Crippen molar-refractivity contribution in [2.45, 2.75) is 144 Å². The van der Waals surface area contributed by atoms with Gasteiger partial charge in [0.05, 0.1) is 109 Å². The monoisotopic (exact) mass is 1880 g/mol. The third-order valence-corrected chi connectivity index (χ3v) is 26.1. The second-order valence-corrected chi connectivity index (χ2v) is 34.4. The van der Waals surface area contributed by atoms with Crippen molar-refractivity contribution in [3.05, 3.63) is 151 Å². The van der Waals surface area contributed by atoms with Crippen LogP contribution in [0, 0.1) is 0 Å². The van der Waals surface area contributed by atoms with Gasteiger partial charge in [-0.2, -0.15) is 15.0 Å². The van der Waals surface area contributed by atoms with E-state index in [1.807, 2.05) is 0 Å². The average Bonchev–Trinajstić information content (AvgIpc) is 0.757. The summed E-state index contributed by atoms with van der Waals surface area (Å²) in [5.74, 6) is 3.05. The summed E-state index contributed by atoms with van der Waals surface area (Å²) in [5, 5.41) is 25.2. The number of halogens is 6. The van der Waals surface area contributed by atoms with E-state index in [0.717, 1.165) is 83.7 Å². The highest BCUT2D eigenvalue weighted by atomic mass is 35.5. The number of amides is 9. The maximum Gasteiger partial charge on any atom is 0.330 e. The number of primary sulfonamides is 1. The Bertz CT molecular complexity index is 5420. The van der Waals surface area contributed by atoms with Crippen LogP contribution in [0.3, 0.4) is 0 Å². The van der Waals surface area contributed by atoms with E-state index in [4.69, 9.17) is 113 Å². The molecule has 127 heavy (non-hydrogen) atoms. The average molecular weight is 1890 g/mol. The van der Waals surface area contributed by atoms with Gasteiger partial charge in [-0.25, -0.2) is 42.9 Å². The molecule has 4 fully saturated rings. The molecule has 7 heterocycles. The van der Waals surface area contributed by atoms with Crippen LogP contribution in [0.25, 0.3) is 0 Å². The number of sulfonamides is 1. The zero-order valence-corrected chi connectivity index (χ0v) is 76.6. The second-order valence-electron chi connectivity index (χ2n) is 30.6. The fraction of sp³-hybridized carbons (Fsp3) is 0.417. The van der Waals surface area contributed by atoms with Crippen molar-refractivity contribution in [2.75, 3.05) is 135 Å². The number of rotatable bonds is 26. The molecule has 0 radical (unpaired) electrons. The van der Waals surface area contributed by atoms with Crippen molar-refractivity contribution in [1.82, 2.24) is 55.7 Å². The van der Waals surface area contributed by atoms with Crippen LogP contribution in [0.5, 0.6) is 34.5 Å². The number of nitrogens with two attached hydrogens (primary N) is 1. The Kier molecular flexibility index (Phi) is 31.3. The van der Waals surface area contributed by atoms with E-state index < -0.39 is 28.1 Å². The van der Waals surface area contributed by atoms with Gasteiger partial charge in [-0.3, -0.25) is 53.5 Å². The number of piperazine rings is 1. The van der Waals surface area contributed by atoms with Crippen molar-refractivity contribution in [3.63, 3.8) is 0 Å². The first-order valence-corrected chi connectivity index (χ1v) is 44.4. The molecule has 678 valence electrons. The van der Waals surface area contributed by atoms with Gasteiger partial charge in [0.1, 0.15) is 87.9 Å². The van der Waals surface area contributed by atoms with Gasteiger partial charge in [0, 0.05) is 131 Å². The molecule has 9 amide bonds. The minimum Gasteiger partial charge on any atom is -0.495 e. The molecule has 4 aromatic carbocycles. The van der Waals surface area contributed by atoms with Crippen LogP contribution >= 0.6 is 69.6 Å². The van der Waals surface area contributed by atoms with E-state index in [2.05, 4.69) is 88.3 Å². The summed E-state index contributed by atoms with van der Waals surface area (Å²) in [6.45, 7) is 18.3. The van der Waals surface area contributed by atoms with Gasteiger partial charge < -0.3 is 65.2 Å². The second kappa shape index (κ2) is 41.8. The Labute approximate surface area is 765 Å². The maximum absolute atomic E-state index is 14.4. The Morgan fingerprint density at radius 2 is 0.890 bits per heavy atom. The summed E-state index contributed by atoms with van der Waals surface area (Å²) in [6.07, 6.45) is 15.8. The summed E-state index contributed by atoms with van der Waals surface area (Å²) in [5.41, 5.74) is 3.07. The molecule has 0 bridgehead atoms. The number of ketones is 1. The highest BCUT2D eigenvalue weighted by Gasteiger charge is 2.43. The Balaban J connectivity index is 0.000000174. The molecule has 5 unspecified atom stereocenters. The summed E-state index contributed by atoms with van der Waals surface area (Å²) in [7, 11) is 7.94. The number of Topliss-reactive ketones (excluding diaryl/α,β-unsaturated/α-hetero) is 1. The van der Waals surface area contributed by atoms with Crippen LogP contribution in [0.15, 0.2) is 104 Å². The number of likely N-dealkylation sites (N-methyl/N-ethyl adjacent to an activating group) is 1. The van der Waals surface area contributed by atoms with E-state index in [0.29, 0.717) is 87.5 Å². The molecule has 0 spiro atoms. The van der Waals surface area contributed by atoms with Crippen LogP contribution in [-0.2, 0) is 55.4 Å². The van der Waals surface area contributed by atoms with Crippen LogP contribution in [0.2, 0.25) is 30.1 Å². The van der Waals surface area contributed by atoms with Crippen LogP contribution < -0.4 is 94.9 Å². The lowest BCUT2D eigenvalue weighted by atomic mass is 9.85. The van der Waals surface area contributed by atoms with E-state index in [1.165, 1.54) is 108 Å². The standard InChI is InChI=1S/C30H40Cl2N8O4.C30H33Cl2N7O6S.C24H26Cl2N6O5/c1-6-24(41)34-21-14-19(39-12-10-38(7-2)11-13-39)8-9-20(21)35-29-33-16-18-17-40(30(42)37(3)28(18)36-29)27-25(31)22(43-4)15-23(44-5)26(27)32;1-4-24(40)35-20-10-5-6-11-21(20)36-29-34-14-18-16-38(27-25(31)22(44-2)13-23(45-3)26(27)32)30(41)39(28(18)37-29)15-17-8-7-9-19(12-17)46(33,42)43;1-5-18(34)28-15-8-13(33)6-7-14(15)29-23-27-10-12-11-32(24(35)31(2)22(12)30-23)21-19(25)16(36-3)9-17(37-4)20(21)26/h6,15-16,19-21H,1,7-14,17H2,2-5H3,(H,34,41)(H,33,35,36);4,7-9,12-14,20-21H,1,5-6,10-11,15-16H2,2-3H3,(H,35,40)(H2,33,42,43)(H,34,36,37);5,9-10,14-15H,1,6-8,11H2,2-4H3,(H,28,34)(H,27,29,30)/t;20-,21+;/m.0./s1. The van der Waals surface area contributed by atoms with Gasteiger partial charge >= 0.3 is 18.1 Å². The first-order chi connectivity index (χ1) is 60.8. The molecule has 36 nitrogen and oxygen atoms in total. The molecule has 43 heteroatoms. The van der Waals surface area contributed by atoms with Gasteiger partial charge in [-0.05, 0) is 81.0 Å². The third-order valence-electron chi connectivity index (χ3n) is 23.0. The molecule has 3 aromatic heterocycles. The number of carbonyl (C=O) groups is 7. The van der Waals surface area contributed by atoms with Crippen molar-refractivity contribution in [2.24, 2.45) is 5.14 Å². The quantitative estimate of drug-likeness (QED) is 0.0248. The van der Waals surface area contributed by atoms with Crippen LogP contribution in [0.1, 0.15) is 93.4 Å². The lowest BCUT2D eigenvalue weighted by molar-refractivity contribution is -0.122. The Morgan fingerprint density at radius 1 is 0.504 bits per heavy atom. The topological polar surface area (TPSA) is 410 Å². The van der Waals surface area contributed by atoms with E-state index >= 15 is 0 Å². The number of nitrogens with one attached hydrogen (secondary N) is 6. The Morgan fingerprint density at radius 3 is 1.31 bits per heavy atom. The summed E-state index contributed by atoms with van der Waals surface area (Å²) < 4.78 is 56.5. The van der Waals surface area contributed by atoms with Gasteiger partial charge in [0.25, 0.3) is 0 Å². The molecule has 3 saturated carbocycles. The number of aromatic nitrogens is 6. The van der Waals surface area contributed by atoms with Crippen LogP contribution in [-0.4, -0.2) is 221 Å². The molecular formula is C84H99Cl6N21O15S. The van der Waals surface area contributed by atoms with E-state index in [1.54, 1.807) is 50.9 Å². The molecule has 4 aliphatic heterocycles. The number of methoxy groups -OCH3 is 6. The fourth-order valence-corrected chi connectivity index (χ4v) is 19.0. The zero-order chi connectivity index (χ0) is 91.6. The number of anilines is 9. The Hall–Kier alpha value is -11.0. The number of urea groups is 3. The lowest BCUT2D eigenvalue weighted by Crippen LogP contribution is -2.57. The summed E-state index contributed by atoms with van der Waals surface area (Å²) in [4.78, 5) is 131. The van der Waals surface area contributed by atoms with Gasteiger partial charge in [-0.1, -0.05) is 121 Å². The van der Waals surface area contributed by atoms with Crippen molar-refractivity contribution in [3.8, 4) is 34.5 Å². The first kappa shape index (κ1) is 95.1. The molecule has 7 atom stereocenters. The van der Waals surface area contributed by atoms with Gasteiger partial charge in [-0.15, -0.1) is 0 Å². The predicted octanol–water partition coefficient (Wildman–Crippen LogP) is 12.2. The first-order valence-electron chi connectivity index (χ1n) is 40.6. The minimum atomic E-state index is -4.01. The normalized spacial score (nSPS) is 20.0. The van der Waals surface area contributed by atoms with Crippen molar-refractivity contribution >= 4 is 174 Å². The predicted molar refractivity (Wildman–Crippen MR) is 488 cm³/mol. The fourth-order valence-electron chi connectivity index (χ4n) is 16.3. The van der Waals surface area contributed by atoms with Crippen molar-refractivity contribution < 1.29 is 70.4 Å². The molecule has 1 saturated heterocycles. The molecule has 7 aromatic rings. The maximum atomic E-state index is 14.4. The number of carbonyl (C=O) groups excluding carboxylic acids is 7.